The van der Waals surface area contributed by atoms with Crippen molar-refractivity contribution in [3.63, 3.8) is 0 Å². The number of esters is 1. The molecule has 1 aliphatic carbocycles. The third-order valence-corrected chi connectivity index (χ3v) is 14.6. The summed E-state index contributed by atoms with van der Waals surface area (Å²) in [5, 5.41) is 23.9. The average Bonchev–Trinajstić information content (AvgIpc) is 3.32. The zero-order valence-electron chi connectivity index (χ0n) is 40.6. The molecule has 3 heterocycles. The number of benzene rings is 1. The largest absolute Gasteiger partial charge is 0.456 e. The van der Waals surface area contributed by atoms with Gasteiger partial charge in [-0.15, -0.1) is 0 Å². The number of allylic oxidation sites excluding steroid dienone is 3. The van der Waals surface area contributed by atoms with Gasteiger partial charge in [-0.2, -0.15) is 0 Å². The number of ketones is 2. The molecule has 4 aliphatic rings. The van der Waals surface area contributed by atoms with Crippen molar-refractivity contribution in [2.75, 3.05) is 34.5 Å². The second kappa shape index (κ2) is 24.6. The fraction of sp³-hybridized carbons (Fsp3) is 0.692. The van der Waals surface area contributed by atoms with Gasteiger partial charge in [0.25, 0.3) is 11.7 Å². The van der Waals surface area contributed by atoms with Crippen LogP contribution in [0.1, 0.15) is 111 Å². The van der Waals surface area contributed by atoms with Crippen LogP contribution >= 0.6 is 0 Å². The van der Waals surface area contributed by atoms with E-state index in [1.54, 1.807) is 40.9 Å². The van der Waals surface area contributed by atoms with Crippen LogP contribution < -0.4 is 0 Å². The van der Waals surface area contributed by atoms with Crippen molar-refractivity contribution < 1.29 is 62.2 Å². The lowest BCUT2D eigenvalue weighted by molar-refractivity contribution is -0.302. The number of hydrogen-bond donors (Lipinski definition) is 2. The molecule has 368 valence electrons. The maximum Gasteiger partial charge on any atom is 0.329 e. The number of Topliss-reactive ketones (excluding diaryl/α,β-unsaturated/α-hetero) is 2. The van der Waals surface area contributed by atoms with Crippen molar-refractivity contribution in [2.45, 2.75) is 166 Å². The van der Waals surface area contributed by atoms with Gasteiger partial charge < -0.3 is 43.5 Å². The van der Waals surface area contributed by atoms with Gasteiger partial charge in [0.1, 0.15) is 30.2 Å². The number of cyclic esters (lactones) is 1. The molecule has 3 aliphatic heterocycles. The quantitative estimate of drug-likeness (QED) is 0.138. The topological polar surface area (TPSA) is 167 Å². The van der Waals surface area contributed by atoms with Crippen LogP contribution in [-0.2, 0) is 47.6 Å². The number of methoxy groups -OCH3 is 3. The summed E-state index contributed by atoms with van der Waals surface area (Å²) in [6.45, 7) is 10.8. The predicted molar refractivity (Wildman–Crippen MR) is 248 cm³/mol. The van der Waals surface area contributed by atoms with Gasteiger partial charge in [-0.3, -0.25) is 14.4 Å². The summed E-state index contributed by atoms with van der Waals surface area (Å²) in [6.07, 6.45) is 4.59. The van der Waals surface area contributed by atoms with E-state index >= 15 is 4.39 Å². The zero-order valence-corrected chi connectivity index (χ0v) is 40.6. The Labute approximate surface area is 391 Å². The molecule has 66 heavy (non-hydrogen) atoms. The molecule has 1 saturated carbocycles. The molecular weight excluding hydrogens is 850 g/mol. The molecular formula is C52H76FNO12. The Morgan fingerprint density at radius 2 is 1.61 bits per heavy atom. The van der Waals surface area contributed by atoms with E-state index in [0.717, 1.165) is 16.9 Å². The highest BCUT2D eigenvalue weighted by Crippen LogP contribution is 2.40. The first-order valence-corrected chi connectivity index (χ1v) is 24.1. The average molecular weight is 926 g/mol. The normalized spacial score (nSPS) is 37.5. The lowest BCUT2D eigenvalue weighted by Crippen LogP contribution is -2.64. The van der Waals surface area contributed by atoms with Gasteiger partial charge in [-0.25, -0.2) is 9.18 Å². The summed E-state index contributed by atoms with van der Waals surface area (Å²) in [5.74, 6) is -9.03. The Hall–Kier alpha value is -3.63. The van der Waals surface area contributed by atoms with E-state index in [9.17, 15) is 29.4 Å². The molecule has 1 amide bonds. The summed E-state index contributed by atoms with van der Waals surface area (Å²) in [4.78, 5) is 58.3. The van der Waals surface area contributed by atoms with Gasteiger partial charge in [0, 0.05) is 52.0 Å². The number of aliphatic hydroxyl groups excluding tert-OH is 1. The van der Waals surface area contributed by atoms with E-state index < -0.39 is 89.9 Å². The molecule has 0 radical (unpaired) electrons. The third kappa shape index (κ3) is 12.9. The SMILES string of the molecule is CCC1C=C(C)C(F)C(C)CC(OC)C2OC(O)(C(=O)C(=O)N3CCCCC3C(=O)OC(C(C)=CC3CCC(OCC=Cc4ccccc4)C(OC)C3)C(C)C(O)CC1=O)C(C)CC2OC. The fourth-order valence-corrected chi connectivity index (χ4v) is 10.4. The smallest absolute Gasteiger partial charge is 0.329 e. The first kappa shape index (κ1) is 53.3. The number of amides is 1. The molecule has 2 bridgehead atoms. The van der Waals surface area contributed by atoms with Crippen LogP contribution in [0.25, 0.3) is 6.08 Å². The van der Waals surface area contributed by atoms with Gasteiger partial charge in [0.2, 0.25) is 5.79 Å². The number of carbonyl (C=O) groups is 4. The van der Waals surface area contributed by atoms with Crippen molar-refractivity contribution >= 4 is 29.5 Å². The molecule has 0 aromatic heterocycles. The standard InChI is InChI=1S/C52H76FNO12/c1-10-38-26-31(2)46(53)32(3)27-44(62-8)48-45(63-9)28-34(5)52(60,66-48)49(57)50(58)54-23-15-14-20-39(54)51(59)65-47(35(6)40(55)30-41(38)56)33(4)25-37-21-22-42(43(29-37)61-7)64-24-16-19-36-17-12-11-13-18-36/h11-13,16-19,25-26,32,34-35,37-40,42-48,55,60H,10,14-15,20-24,27-30H2,1-9H3. The molecule has 5 rings (SSSR count). The van der Waals surface area contributed by atoms with E-state index in [0.29, 0.717) is 49.9 Å². The second-order valence-electron chi connectivity index (χ2n) is 19.2. The minimum absolute atomic E-state index is 0.000874. The molecule has 2 N–H and O–H groups in total. The summed E-state index contributed by atoms with van der Waals surface area (Å²) < 4.78 is 52.6. The number of rotatable bonds is 10. The molecule has 14 heteroatoms. The molecule has 2 saturated heterocycles. The van der Waals surface area contributed by atoms with Gasteiger partial charge in [0.05, 0.1) is 37.1 Å². The molecule has 15 atom stereocenters. The number of aliphatic hydroxyl groups is 2. The number of ether oxygens (including phenoxy) is 6. The van der Waals surface area contributed by atoms with Crippen LogP contribution in [-0.4, -0.2) is 134 Å². The van der Waals surface area contributed by atoms with E-state index in [1.165, 1.54) is 14.2 Å². The van der Waals surface area contributed by atoms with Crippen LogP contribution in [0.2, 0.25) is 0 Å². The van der Waals surface area contributed by atoms with E-state index in [-0.39, 0.29) is 56.1 Å². The van der Waals surface area contributed by atoms with Crippen LogP contribution in [0.5, 0.6) is 0 Å². The fourth-order valence-electron chi connectivity index (χ4n) is 10.4. The minimum Gasteiger partial charge on any atom is -0.456 e. The summed E-state index contributed by atoms with van der Waals surface area (Å²) in [5.41, 5.74) is 2.07. The molecule has 0 spiro atoms. The number of carbonyl (C=O) groups excluding carboxylic acids is 4. The van der Waals surface area contributed by atoms with Crippen LogP contribution in [0.4, 0.5) is 4.39 Å². The highest BCUT2D eigenvalue weighted by Gasteiger charge is 2.57. The minimum atomic E-state index is -2.61. The van der Waals surface area contributed by atoms with E-state index in [2.05, 4.69) is 0 Å². The number of fused-ring (bicyclic) bond motifs is 3. The van der Waals surface area contributed by atoms with Crippen LogP contribution in [0, 0.1) is 29.6 Å². The highest BCUT2D eigenvalue weighted by molar-refractivity contribution is 6.39. The molecule has 1 aromatic carbocycles. The first-order chi connectivity index (χ1) is 31.5. The number of halogens is 1. The third-order valence-electron chi connectivity index (χ3n) is 14.6. The van der Waals surface area contributed by atoms with Gasteiger partial charge in [0.15, 0.2) is 0 Å². The van der Waals surface area contributed by atoms with Crippen molar-refractivity contribution in [1.29, 1.82) is 0 Å². The van der Waals surface area contributed by atoms with Crippen molar-refractivity contribution in [1.82, 2.24) is 4.90 Å². The molecule has 15 unspecified atom stereocenters. The summed E-state index contributed by atoms with van der Waals surface area (Å²) in [6, 6.07) is 8.81. The number of hydrogen-bond acceptors (Lipinski definition) is 12. The van der Waals surface area contributed by atoms with Crippen molar-refractivity contribution in [3.05, 3.63) is 65.3 Å². The van der Waals surface area contributed by atoms with Crippen molar-refractivity contribution in [2.24, 2.45) is 29.6 Å². The first-order valence-electron chi connectivity index (χ1n) is 24.1. The Balaban J connectivity index is 1.46. The zero-order chi connectivity index (χ0) is 48.3. The van der Waals surface area contributed by atoms with Gasteiger partial charge in [-0.05, 0) is 100 Å². The number of nitrogens with zero attached hydrogens (tertiary/aromatic N) is 1. The van der Waals surface area contributed by atoms with Gasteiger partial charge in [-0.1, -0.05) is 82.3 Å². The van der Waals surface area contributed by atoms with Crippen LogP contribution in [0.3, 0.4) is 0 Å². The highest BCUT2D eigenvalue weighted by atomic mass is 19.1. The molecule has 13 nitrogen and oxygen atoms in total. The second-order valence-corrected chi connectivity index (χ2v) is 19.2. The lowest BCUT2D eigenvalue weighted by atomic mass is 9.81. The maximum absolute atomic E-state index is 16.3. The Morgan fingerprint density at radius 3 is 2.27 bits per heavy atom. The summed E-state index contributed by atoms with van der Waals surface area (Å²) in [7, 11) is 4.55. The number of alkyl halides is 1. The van der Waals surface area contributed by atoms with E-state index in [1.807, 2.05) is 62.4 Å². The molecule has 1 aromatic rings. The number of piperidine rings is 1. The summed E-state index contributed by atoms with van der Waals surface area (Å²) >= 11 is 0. The lowest BCUT2D eigenvalue weighted by Gasteiger charge is -2.47. The predicted octanol–water partition coefficient (Wildman–Crippen LogP) is 7.16. The Kier molecular flexibility index (Phi) is 19.9. The maximum atomic E-state index is 16.3. The van der Waals surface area contributed by atoms with Crippen LogP contribution in [0.15, 0.2) is 59.7 Å². The van der Waals surface area contributed by atoms with Gasteiger partial charge >= 0.3 is 5.97 Å². The van der Waals surface area contributed by atoms with E-state index in [4.69, 9.17) is 28.4 Å². The Morgan fingerprint density at radius 1 is 0.924 bits per heavy atom. The Bertz CT molecular complexity index is 1870. The molecule has 3 fully saturated rings. The van der Waals surface area contributed by atoms with Crippen molar-refractivity contribution in [3.8, 4) is 0 Å². The monoisotopic (exact) mass is 926 g/mol.